The smallest absolute Gasteiger partial charge is 0.338 e. The van der Waals surface area contributed by atoms with Crippen LogP contribution in [0.25, 0.3) is 0 Å². The zero-order valence-electron chi connectivity index (χ0n) is 14.4. The highest BCUT2D eigenvalue weighted by Crippen LogP contribution is 2.14. The van der Waals surface area contributed by atoms with Gasteiger partial charge >= 0.3 is 5.97 Å². The SMILES string of the molecule is Cc1noc(C)c1CNCc1ccc(C(=O)OC(C)(C)C)cc1. The minimum Gasteiger partial charge on any atom is -0.456 e. The van der Waals surface area contributed by atoms with Crippen molar-refractivity contribution in [2.75, 3.05) is 0 Å². The highest BCUT2D eigenvalue weighted by atomic mass is 16.6. The predicted molar refractivity (Wildman–Crippen MR) is 88.1 cm³/mol. The number of carbonyl (C=O) groups is 1. The van der Waals surface area contributed by atoms with E-state index in [0.717, 1.165) is 22.6 Å². The summed E-state index contributed by atoms with van der Waals surface area (Å²) >= 11 is 0. The Labute approximate surface area is 137 Å². The summed E-state index contributed by atoms with van der Waals surface area (Å²) in [6, 6.07) is 7.45. The van der Waals surface area contributed by atoms with Crippen LogP contribution in [0.15, 0.2) is 28.8 Å². The summed E-state index contributed by atoms with van der Waals surface area (Å²) < 4.78 is 10.5. The summed E-state index contributed by atoms with van der Waals surface area (Å²) in [6.07, 6.45) is 0. The first-order valence-corrected chi connectivity index (χ1v) is 7.71. The molecule has 0 radical (unpaired) electrons. The number of rotatable bonds is 5. The van der Waals surface area contributed by atoms with Crippen LogP contribution in [-0.4, -0.2) is 16.7 Å². The zero-order chi connectivity index (χ0) is 17.0. The average Bonchev–Trinajstić information content (AvgIpc) is 2.78. The van der Waals surface area contributed by atoms with E-state index in [-0.39, 0.29) is 5.97 Å². The lowest BCUT2D eigenvalue weighted by Crippen LogP contribution is -2.23. The fraction of sp³-hybridized carbons (Fsp3) is 0.444. The quantitative estimate of drug-likeness (QED) is 0.855. The van der Waals surface area contributed by atoms with E-state index in [1.54, 1.807) is 12.1 Å². The van der Waals surface area contributed by atoms with Crippen LogP contribution in [0.3, 0.4) is 0 Å². The molecule has 0 atom stereocenters. The van der Waals surface area contributed by atoms with Crippen molar-refractivity contribution in [1.82, 2.24) is 10.5 Å². The van der Waals surface area contributed by atoms with Gasteiger partial charge in [-0.15, -0.1) is 0 Å². The maximum absolute atomic E-state index is 12.0. The first kappa shape index (κ1) is 17.2. The van der Waals surface area contributed by atoms with Crippen LogP contribution in [0.2, 0.25) is 0 Å². The average molecular weight is 316 g/mol. The molecule has 23 heavy (non-hydrogen) atoms. The molecular formula is C18H24N2O3. The van der Waals surface area contributed by atoms with Gasteiger partial charge < -0.3 is 14.6 Å². The van der Waals surface area contributed by atoms with Gasteiger partial charge in [-0.2, -0.15) is 0 Å². The number of benzene rings is 1. The lowest BCUT2D eigenvalue weighted by Gasteiger charge is -2.19. The van der Waals surface area contributed by atoms with E-state index < -0.39 is 5.60 Å². The number of aromatic nitrogens is 1. The van der Waals surface area contributed by atoms with Crippen molar-refractivity contribution in [2.24, 2.45) is 0 Å². The molecule has 124 valence electrons. The van der Waals surface area contributed by atoms with Crippen molar-refractivity contribution in [3.8, 4) is 0 Å². The van der Waals surface area contributed by atoms with E-state index in [0.29, 0.717) is 18.7 Å². The molecule has 0 spiro atoms. The van der Waals surface area contributed by atoms with Gasteiger partial charge in [0, 0.05) is 18.7 Å². The molecule has 5 nitrogen and oxygen atoms in total. The van der Waals surface area contributed by atoms with E-state index in [2.05, 4.69) is 10.5 Å². The fourth-order valence-electron chi connectivity index (χ4n) is 2.18. The van der Waals surface area contributed by atoms with E-state index in [1.165, 1.54) is 0 Å². The number of aryl methyl sites for hydroxylation is 2. The molecule has 0 saturated heterocycles. The highest BCUT2D eigenvalue weighted by Gasteiger charge is 2.17. The molecule has 0 saturated carbocycles. The van der Waals surface area contributed by atoms with Crippen LogP contribution in [0.1, 0.15) is 53.7 Å². The first-order chi connectivity index (χ1) is 10.8. The number of nitrogens with zero attached hydrogens (tertiary/aromatic N) is 1. The Morgan fingerprint density at radius 1 is 1.17 bits per heavy atom. The number of hydrogen-bond donors (Lipinski definition) is 1. The molecule has 1 N–H and O–H groups in total. The van der Waals surface area contributed by atoms with Crippen molar-refractivity contribution in [1.29, 1.82) is 0 Å². The van der Waals surface area contributed by atoms with Crippen LogP contribution in [-0.2, 0) is 17.8 Å². The summed E-state index contributed by atoms with van der Waals surface area (Å²) in [5.74, 6) is 0.544. The molecule has 0 aliphatic heterocycles. The molecule has 5 heteroatoms. The normalized spacial score (nSPS) is 11.5. The molecule has 0 aliphatic rings. The molecule has 0 amide bonds. The monoisotopic (exact) mass is 316 g/mol. The van der Waals surface area contributed by atoms with Gasteiger partial charge in [-0.1, -0.05) is 17.3 Å². The third-order valence-corrected chi connectivity index (χ3v) is 3.40. The summed E-state index contributed by atoms with van der Waals surface area (Å²) in [5, 5.41) is 7.29. The summed E-state index contributed by atoms with van der Waals surface area (Å²) in [6.45, 7) is 10.8. The number of carbonyl (C=O) groups excluding carboxylic acids is 1. The van der Waals surface area contributed by atoms with Gasteiger partial charge in [0.25, 0.3) is 0 Å². The minimum atomic E-state index is -0.480. The predicted octanol–water partition coefficient (Wildman–Crippen LogP) is 3.54. The van der Waals surface area contributed by atoms with Crippen molar-refractivity contribution in [3.05, 3.63) is 52.4 Å². The summed E-state index contributed by atoms with van der Waals surface area (Å²) in [7, 11) is 0. The molecule has 2 rings (SSSR count). The molecule has 1 aromatic heterocycles. The van der Waals surface area contributed by atoms with Gasteiger partial charge in [-0.25, -0.2) is 4.79 Å². The number of nitrogens with one attached hydrogen (secondary N) is 1. The van der Waals surface area contributed by atoms with Gasteiger partial charge in [0.1, 0.15) is 11.4 Å². The zero-order valence-corrected chi connectivity index (χ0v) is 14.4. The second kappa shape index (κ2) is 6.96. The van der Waals surface area contributed by atoms with Crippen molar-refractivity contribution >= 4 is 5.97 Å². The Morgan fingerprint density at radius 2 is 1.83 bits per heavy atom. The highest BCUT2D eigenvalue weighted by molar-refractivity contribution is 5.89. The number of ether oxygens (including phenoxy) is 1. The van der Waals surface area contributed by atoms with Crippen molar-refractivity contribution < 1.29 is 14.1 Å². The van der Waals surface area contributed by atoms with Crippen LogP contribution < -0.4 is 5.32 Å². The summed E-state index contributed by atoms with van der Waals surface area (Å²) in [4.78, 5) is 12.0. The Morgan fingerprint density at radius 3 is 2.35 bits per heavy atom. The molecule has 0 fully saturated rings. The lowest BCUT2D eigenvalue weighted by molar-refractivity contribution is 0.00695. The van der Waals surface area contributed by atoms with Gasteiger partial charge in [-0.3, -0.25) is 0 Å². The molecule has 2 aromatic rings. The van der Waals surface area contributed by atoms with Crippen LogP contribution in [0.5, 0.6) is 0 Å². The standard InChI is InChI=1S/C18H24N2O3/c1-12-16(13(2)23-20-12)11-19-10-14-6-8-15(9-7-14)17(21)22-18(3,4)5/h6-9,19H,10-11H2,1-5H3. The van der Waals surface area contributed by atoms with Crippen LogP contribution in [0.4, 0.5) is 0 Å². The largest absolute Gasteiger partial charge is 0.456 e. The van der Waals surface area contributed by atoms with E-state index in [4.69, 9.17) is 9.26 Å². The van der Waals surface area contributed by atoms with Gasteiger partial charge in [0.2, 0.25) is 0 Å². The maximum atomic E-state index is 12.0. The van der Waals surface area contributed by atoms with Crippen molar-refractivity contribution in [2.45, 2.75) is 53.3 Å². The molecule has 0 aliphatic carbocycles. The third-order valence-electron chi connectivity index (χ3n) is 3.40. The summed E-state index contributed by atoms with van der Waals surface area (Å²) in [5.41, 5.74) is 3.19. The number of esters is 1. The maximum Gasteiger partial charge on any atom is 0.338 e. The third kappa shape index (κ3) is 4.93. The topological polar surface area (TPSA) is 64.4 Å². The molecule has 0 bridgehead atoms. The molecule has 1 heterocycles. The van der Waals surface area contributed by atoms with Crippen LogP contribution >= 0.6 is 0 Å². The van der Waals surface area contributed by atoms with E-state index in [9.17, 15) is 4.79 Å². The van der Waals surface area contributed by atoms with Crippen LogP contribution in [0, 0.1) is 13.8 Å². The Kier molecular flexibility index (Phi) is 5.21. The van der Waals surface area contributed by atoms with Crippen molar-refractivity contribution in [3.63, 3.8) is 0 Å². The van der Waals surface area contributed by atoms with Gasteiger partial charge in [0.05, 0.1) is 11.3 Å². The minimum absolute atomic E-state index is 0.298. The lowest BCUT2D eigenvalue weighted by atomic mass is 10.1. The van der Waals surface area contributed by atoms with E-state index >= 15 is 0 Å². The Bertz CT molecular complexity index is 647. The van der Waals surface area contributed by atoms with E-state index in [1.807, 2.05) is 46.8 Å². The van der Waals surface area contributed by atoms with Gasteiger partial charge in [0.15, 0.2) is 0 Å². The first-order valence-electron chi connectivity index (χ1n) is 7.71. The Balaban J connectivity index is 1.89. The van der Waals surface area contributed by atoms with Gasteiger partial charge in [-0.05, 0) is 52.3 Å². The molecule has 0 unspecified atom stereocenters. The molecule has 1 aromatic carbocycles. The second-order valence-electron chi connectivity index (χ2n) is 6.61. The second-order valence-corrected chi connectivity index (χ2v) is 6.61. The number of hydrogen-bond acceptors (Lipinski definition) is 5. The fourth-order valence-corrected chi connectivity index (χ4v) is 2.18. The Hall–Kier alpha value is -2.14. The molecular weight excluding hydrogens is 292 g/mol.